The fourth-order valence-electron chi connectivity index (χ4n) is 4.05. The molecule has 0 aromatic heterocycles. The molecule has 0 heterocycles. The van der Waals surface area contributed by atoms with Crippen LogP contribution in [0.4, 0.5) is 0 Å². The second-order valence-electron chi connectivity index (χ2n) is 6.18. The van der Waals surface area contributed by atoms with E-state index < -0.39 is 0 Å². The molecule has 0 aliphatic heterocycles. The van der Waals surface area contributed by atoms with Gasteiger partial charge in [0.25, 0.3) is 0 Å². The van der Waals surface area contributed by atoms with E-state index in [0.717, 1.165) is 23.0 Å². The molecule has 0 N–H and O–H groups in total. The highest BCUT2D eigenvalue weighted by Gasteiger charge is 2.48. The Hall–Kier alpha value is 0.350. The van der Waals surface area contributed by atoms with E-state index in [0.29, 0.717) is 5.41 Å². The normalized spacial score (nSPS) is 39.6. The summed E-state index contributed by atoms with van der Waals surface area (Å²) >= 11 is 2.12. The molecule has 4 atom stereocenters. The first kappa shape index (κ1) is 14.4. The number of hydrogen-bond acceptors (Lipinski definition) is 1. The van der Waals surface area contributed by atoms with Crippen LogP contribution < -0.4 is 0 Å². The molecule has 1 fully saturated rings. The van der Waals surface area contributed by atoms with Crippen molar-refractivity contribution in [2.24, 2.45) is 23.2 Å². The highest BCUT2D eigenvalue weighted by atomic mass is 32.2. The van der Waals surface area contributed by atoms with Crippen LogP contribution in [0, 0.1) is 23.2 Å². The van der Waals surface area contributed by atoms with Crippen LogP contribution in [0.15, 0.2) is 0 Å². The molecule has 0 saturated heterocycles. The molecule has 0 spiro atoms. The van der Waals surface area contributed by atoms with Crippen LogP contribution in [0.3, 0.4) is 0 Å². The van der Waals surface area contributed by atoms with Crippen LogP contribution in [0.25, 0.3) is 0 Å². The van der Waals surface area contributed by atoms with E-state index in [1.54, 1.807) is 0 Å². The second-order valence-corrected chi connectivity index (χ2v) is 7.19. The van der Waals surface area contributed by atoms with E-state index in [2.05, 4.69) is 52.6 Å². The molecule has 0 amide bonds. The zero-order valence-corrected chi connectivity index (χ0v) is 12.9. The van der Waals surface area contributed by atoms with Crippen LogP contribution >= 0.6 is 11.8 Å². The molecule has 1 aliphatic rings. The first-order chi connectivity index (χ1) is 7.50. The van der Waals surface area contributed by atoms with Crippen molar-refractivity contribution in [1.29, 1.82) is 0 Å². The largest absolute Gasteiger partial charge is 0.161 e. The number of thioether (sulfide) groups is 1. The van der Waals surface area contributed by atoms with Gasteiger partial charge in [-0.25, -0.2) is 0 Å². The van der Waals surface area contributed by atoms with Gasteiger partial charge in [-0.1, -0.05) is 47.5 Å². The molecule has 0 aromatic rings. The Morgan fingerprint density at radius 3 is 2.25 bits per heavy atom. The molecule has 1 saturated carbocycles. The summed E-state index contributed by atoms with van der Waals surface area (Å²) in [6.45, 7) is 12.1. The van der Waals surface area contributed by atoms with Crippen molar-refractivity contribution < 1.29 is 0 Å². The molecule has 1 heteroatoms. The smallest absolute Gasteiger partial charge is 0.0104 e. The van der Waals surface area contributed by atoms with Crippen LogP contribution in [0.1, 0.15) is 60.3 Å². The number of rotatable bonds is 5. The summed E-state index contributed by atoms with van der Waals surface area (Å²) in [7, 11) is 0. The van der Waals surface area contributed by atoms with Gasteiger partial charge in [0.15, 0.2) is 0 Å². The van der Waals surface area contributed by atoms with Gasteiger partial charge in [0.1, 0.15) is 0 Å². The summed E-state index contributed by atoms with van der Waals surface area (Å²) in [5, 5.41) is 0.906. The fourth-order valence-corrected chi connectivity index (χ4v) is 5.42. The van der Waals surface area contributed by atoms with Crippen molar-refractivity contribution in [1.82, 2.24) is 0 Å². The quantitative estimate of drug-likeness (QED) is 0.636. The lowest BCUT2D eigenvalue weighted by atomic mass is 9.71. The van der Waals surface area contributed by atoms with Gasteiger partial charge in [-0.05, 0) is 42.3 Å². The zero-order chi connectivity index (χ0) is 12.3. The van der Waals surface area contributed by atoms with E-state index in [1.807, 2.05) is 0 Å². The Morgan fingerprint density at radius 2 is 1.94 bits per heavy atom. The van der Waals surface area contributed by atoms with Crippen molar-refractivity contribution >= 4 is 11.8 Å². The van der Waals surface area contributed by atoms with Crippen LogP contribution in [-0.2, 0) is 0 Å². The van der Waals surface area contributed by atoms with Crippen molar-refractivity contribution in [2.45, 2.75) is 65.6 Å². The molecule has 0 bridgehead atoms. The Balaban J connectivity index is 2.86. The topological polar surface area (TPSA) is 0 Å². The van der Waals surface area contributed by atoms with Gasteiger partial charge in [-0.3, -0.25) is 0 Å². The maximum atomic E-state index is 2.52. The Morgan fingerprint density at radius 1 is 1.31 bits per heavy atom. The summed E-state index contributed by atoms with van der Waals surface area (Å²) in [6, 6.07) is 0. The van der Waals surface area contributed by atoms with Gasteiger partial charge in [0.2, 0.25) is 0 Å². The van der Waals surface area contributed by atoms with E-state index >= 15 is 0 Å². The monoisotopic (exact) mass is 242 g/mol. The first-order valence-corrected chi connectivity index (χ1v) is 8.32. The minimum Gasteiger partial charge on any atom is -0.161 e. The van der Waals surface area contributed by atoms with E-state index in [-0.39, 0.29) is 0 Å². The van der Waals surface area contributed by atoms with E-state index in [4.69, 9.17) is 0 Å². The van der Waals surface area contributed by atoms with Gasteiger partial charge in [-0.2, -0.15) is 11.8 Å². The summed E-state index contributed by atoms with van der Waals surface area (Å²) in [4.78, 5) is 0. The lowest BCUT2D eigenvalue weighted by Crippen LogP contribution is -2.28. The van der Waals surface area contributed by atoms with E-state index in [1.165, 1.54) is 25.7 Å². The minimum absolute atomic E-state index is 0.641. The average Bonchev–Trinajstić information content (AvgIpc) is 2.51. The Bertz CT molecular complexity index is 211. The highest BCUT2D eigenvalue weighted by Crippen LogP contribution is 2.56. The molecule has 1 rings (SSSR count). The summed E-state index contributed by atoms with van der Waals surface area (Å²) in [6.07, 6.45) is 7.96. The standard InChI is InChI=1S/C15H30S/c1-7-13-10-15(8-2,9-11(3)4)12(5)14(13)16-6/h11-14H,7-10H2,1-6H3. The second kappa shape index (κ2) is 5.80. The molecule has 0 radical (unpaired) electrons. The van der Waals surface area contributed by atoms with Crippen LogP contribution in [0.2, 0.25) is 0 Å². The van der Waals surface area contributed by atoms with Crippen molar-refractivity contribution in [3.63, 3.8) is 0 Å². The molecule has 96 valence electrons. The Kier molecular flexibility index (Phi) is 5.22. The van der Waals surface area contributed by atoms with Crippen molar-refractivity contribution in [3.8, 4) is 0 Å². The maximum Gasteiger partial charge on any atom is 0.0104 e. The summed E-state index contributed by atoms with van der Waals surface area (Å²) in [5.41, 5.74) is 0.641. The third kappa shape index (κ3) is 2.60. The fraction of sp³-hybridized carbons (Fsp3) is 1.00. The Labute approximate surface area is 107 Å². The predicted molar refractivity (Wildman–Crippen MR) is 77.0 cm³/mol. The lowest BCUT2D eigenvalue weighted by molar-refractivity contribution is 0.159. The maximum absolute atomic E-state index is 2.52. The minimum atomic E-state index is 0.641. The van der Waals surface area contributed by atoms with Crippen molar-refractivity contribution in [3.05, 3.63) is 0 Å². The zero-order valence-electron chi connectivity index (χ0n) is 12.0. The lowest BCUT2D eigenvalue weighted by Gasteiger charge is -2.36. The summed E-state index contributed by atoms with van der Waals surface area (Å²) < 4.78 is 0. The number of hydrogen-bond donors (Lipinski definition) is 0. The molecule has 0 aromatic carbocycles. The van der Waals surface area contributed by atoms with Gasteiger partial charge in [0, 0.05) is 5.25 Å². The van der Waals surface area contributed by atoms with Crippen molar-refractivity contribution in [2.75, 3.05) is 6.26 Å². The average molecular weight is 242 g/mol. The molecule has 4 unspecified atom stereocenters. The summed E-state index contributed by atoms with van der Waals surface area (Å²) in [5.74, 6) is 2.71. The van der Waals surface area contributed by atoms with Gasteiger partial charge in [0.05, 0.1) is 0 Å². The molecule has 1 aliphatic carbocycles. The van der Waals surface area contributed by atoms with Gasteiger partial charge >= 0.3 is 0 Å². The first-order valence-electron chi connectivity index (χ1n) is 7.03. The van der Waals surface area contributed by atoms with Crippen LogP contribution in [0.5, 0.6) is 0 Å². The molecule has 16 heavy (non-hydrogen) atoms. The predicted octanol–water partition coefficient (Wildman–Crippen LogP) is 5.23. The van der Waals surface area contributed by atoms with E-state index in [9.17, 15) is 0 Å². The molecular formula is C15H30S. The van der Waals surface area contributed by atoms with Gasteiger partial charge < -0.3 is 0 Å². The van der Waals surface area contributed by atoms with Crippen LogP contribution in [-0.4, -0.2) is 11.5 Å². The molecule has 0 nitrogen and oxygen atoms in total. The third-order valence-corrected chi connectivity index (χ3v) is 6.24. The molecular weight excluding hydrogens is 212 g/mol. The third-order valence-electron chi connectivity index (χ3n) is 4.91. The SMILES string of the molecule is CCC1CC(CC)(CC(C)C)C(C)C1SC. The van der Waals surface area contributed by atoms with Gasteiger partial charge in [-0.15, -0.1) is 0 Å². The highest BCUT2D eigenvalue weighted by molar-refractivity contribution is 7.99.